The van der Waals surface area contributed by atoms with Gasteiger partial charge in [-0.15, -0.1) is 0 Å². The van der Waals surface area contributed by atoms with E-state index in [1.54, 1.807) is 6.08 Å². The number of aldehydes is 1. The molecule has 0 unspecified atom stereocenters. The minimum Gasteiger partial charge on any atom is -0.481 e. The van der Waals surface area contributed by atoms with Crippen LogP contribution >= 0.6 is 0 Å². The Bertz CT molecular complexity index is 922. The zero-order chi connectivity index (χ0) is 25.5. The molecule has 0 aliphatic heterocycles. The van der Waals surface area contributed by atoms with Crippen molar-refractivity contribution in [1.82, 2.24) is 0 Å². The lowest BCUT2D eigenvalue weighted by atomic mass is 9.44. The number of fused-ring (bicyclic) bond motifs is 3. The van der Waals surface area contributed by atoms with Gasteiger partial charge >= 0.3 is 5.97 Å². The summed E-state index contributed by atoms with van der Waals surface area (Å²) in [7, 11) is 0. The molecule has 3 rings (SSSR count). The van der Waals surface area contributed by atoms with Crippen molar-refractivity contribution in [2.75, 3.05) is 0 Å². The predicted octanol–water partition coefficient (Wildman–Crippen LogP) is 6.95. The van der Waals surface area contributed by atoms with E-state index in [0.717, 1.165) is 49.5 Å². The van der Waals surface area contributed by atoms with Gasteiger partial charge in [0.1, 0.15) is 6.29 Å². The molecule has 0 bridgehead atoms. The van der Waals surface area contributed by atoms with Gasteiger partial charge in [0, 0.05) is 18.8 Å². The topological polar surface area (TPSA) is 71.4 Å². The molecule has 0 heterocycles. The zero-order valence-corrected chi connectivity index (χ0v) is 22.1. The summed E-state index contributed by atoms with van der Waals surface area (Å²) in [6, 6.07) is 0. The van der Waals surface area contributed by atoms with Gasteiger partial charge in [-0.25, -0.2) is 0 Å². The van der Waals surface area contributed by atoms with Crippen LogP contribution in [0.1, 0.15) is 92.9 Å². The molecule has 0 saturated heterocycles. The summed E-state index contributed by atoms with van der Waals surface area (Å²) in [6.07, 6.45) is 11.2. The van der Waals surface area contributed by atoms with E-state index in [1.807, 2.05) is 13.8 Å². The van der Waals surface area contributed by atoms with Crippen LogP contribution in [0.4, 0.5) is 0 Å². The minimum absolute atomic E-state index is 0.0358. The number of carbonyl (C=O) groups excluding carboxylic acids is 2. The van der Waals surface area contributed by atoms with Crippen molar-refractivity contribution < 1.29 is 19.5 Å². The summed E-state index contributed by atoms with van der Waals surface area (Å²) in [6.45, 7) is 17.2. The molecule has 7 atom stereocenters. The van der Waals surface area contributed by atoms with Gasteiger partial charge in [0.2, 0.25) is 0 Å². The molecule has 0 aromatic heterocycles. The molecule has 0 amide bonds. The number of allylic oxidation sites excluding steroid dienone is 5. The molecule has 0 radical (unpaired) electrons. The molecular weight excluding hydrogens is 424 g/mol. The number of carboxylic acid groups (broad SMARTS) is 1. The zero-order valence-electron chi connectivity index (χ0n) is 22.1. The van der Waals surface area contributed by atoms with Gasteiger partial charge in [0.25, 0.3) is 0 Å². The van der Waals surface area contributed by atoms with Crippen molar-refractivity contribution in [3.63, 3.8) is 0 Å². The van der Waals surface area contributed by atoms with Crippen molar-refractivity contribution in [3.05, 3.63) is 35.5 Å². The summed E-state index contributed by atoms with van der Waals surface area (Å²) in [5, 5.41) is 9.47. The van der Waals surface area contributed by atoms with Crippen molar-refractivity contribution in [1.29, 1.82) is 0 Å². The highest BCUT2D eigenvalue weighted by Crippen LogP contribution is 2.71. The summed E-state index contributed by atoms with van der Waals surface area (Å²) in [5.41, 5.74) is 3.39. The fraction of sp³-hybridized carbons (Fsp3) is 0.700. The van der Waals surface area contributed by atoms with Crippen LogP contribution in [0, 0.1) is 39.9 Å². The van der Waals surface area contributed by atoms with Gasteiger partial charge in [-0.3, -0.25) is 9.59 Å². The molecule has 1 N–H and O–H groups in total. The standard InChI is InChI=1S/C30H44O4/c1-19(2)16-22(32)17-21(18-31)24-10-14-30(7)26-9-8-23(20(3)4)28(5,13-12-27(33)34)25(26)11-15-29(24,30)6/h9,16,18,21,23-25H,3,8,10-15,17H2,1-2,4-7H3,(H,33,34)/t21-,23+,24+,25+,28+,29+,30-/m1/s1. The van der Waals surface area contributed by atoms with Crippen LogP contribution in [0.15, 0.2) is 35.5 Å². The Morgan fingerprint density at radius 2 is 1.85 bits per heavy atom. The number of carboxylic acids is 1. The Hall–Kier alpha value is -1.97. The summed E-state index contributed by atoms with van der Waals surface area (Å²) >= 11 is 0. The van der Waals surface area contributed by atoms with Crippen LogP contribution in [0.3, 0.4) is 0 Å². The SMILES string of the molecule is C=C(C)[C@@H]1CC=C2[C@H](CC[C@@]3(C)[C@H]([C@@H](C=O)CC(=O)C=C(C)C)CC[C@]23C)[C@@]1(C)CCC(=O)O. The van der Waals surface area contributed by atoms with Crippen LogP contribution in [0.25, 0.3) is 0 Å². The van der Waals surface area contributed by atoms with Gasteiger partial charge in [-0.1, -0.05) is 50.1 Å². The molecular formula is C30H44O4. The quantitative estimate of drug-likeness (QED) is 0.226. The Labute approximate surface area is 206 Å². The number of ketones is 1. The molecule has 0 spiro atoms. The molecule has 4 nitrogen and oxygen atoms in total. The van der Waals surface area contributed by atoms with Gasteiger partial charge in [-0.05, 0) is 99.4 Å². The Kier molecular flexibility index (Phi) is 7.51. The van der Waals surface area contributed by atoms with E-state index in [0.29, 0.717) is 18.8 Å². The molecule has 0 aromatic rings. The maximum absolute atomic E-state index is 12.6. The van der Waals surface area contributed by atoms with Crippen LogP contribution in [-0.2, 0) is 14.4 Å². The third kappa shape index (κ3) is 4.38. The number of aliphatic carboxylic acids is 1. The molecule has 0 aromatic carbocycles. The molecule has 2 saturated carbocycles. The van der Waals surface area contributed by atoms with Crippen LogP contribution in [0.5, 0.6) is 0 Å². The average molecular weight is 469 g/mol. The first-order chi connectivity index (χ1) is 15.8. The van der Waals surface area contributed by atoms with E-state index in [9.17, 15) is 19.5 Å². The van der Waals surface area contributed by atoms with E-state index in [-0.39, 0.29) is 46.2 Å². The second-order valence-corrected chi connectivity index (χ2v) is 12.4. The average Bonchev–Trinajstić information content (AvgIpc) is 3.01. The number of hydrogen-bond acceptors (Lipinski definition) is 3. The monoisotopic (exact) mass is 468 g/mol. The van der Waals surface area contributed by atoms with E-state index in [2.05, 4.69) is 40.3 Å². The van der Waals surface area contributed by atoms with Gasteiger partial charge in [-0.2, -0.15) is 0 Å². The van der Waals surface area contributed by atoms with E-state index >= 15 is 0 Å². The molecule has 188 valence electrons. The number of hydrogen-bond donors (Lipinski definition) is 1. The van der Waals surface area contributed by atoms with Crippen molar-refractivity contribution in [3.8, 4) is 0 Å². The van der Waals surface area contributed by atoms with Gasteiger partial charge in [0.05, 0.1) is 0 Å². The highest BCUT2D eigenvalue weighted by Gasteiger charge is 2.63. The molecule has 3 aliphatic carbocycles. The summed E-state index contributed by atoms with van der Waals surface area (Å²) in [5.74, 6) is -0.130. The molecule has 4 heteroatoms. The lowest BCUT2D eigenvalue weighted by Gasteiger charge is -2.60. The van der Waals surface area contributed by atoms with Crippen molar-refractivity contribution >= 4 is 18.0 Å². The summed E-state index contributed by atoms with van der Waals surface area (Å²) in [4.78, 5) is 36.3. The minimum atomic E-state index is -0.736. The van der Waals surface area contributed by atoms with Crippen LogP contribution in [0.2, 0.25) is 0 Å². The highest BCUT2D eigenvalue weighted by molar-refractivity contribution is 5.91. The fourth-order valence-corrected chi connectivity index (χ4v) is 8.26. The first kappa shape index (κ1) is 26.6. The highest BCUT2D eigenvalue weighted by atomic mass is 16.4. The Morgan fingerprint density at radius 3 is 2.41 bits per heavy atom. The molecule has 3 aliphatic rings. The second-order valence-electron chi connectivity index (χ2n) is 12.4. The predicted molar refractivity (Wildman–Crippen MR) is 136 cm³/mol. The largest absolute Gasteiger partial charge is 0.481 e. The maximum atomic E-state index is 12.6. The van der Waals surface area contributed by atoms with Crippen LogP contribution in [-0.4, -0.2) is 23.1 Å². The second kappa shape index (κ2) is 9.59. The number of carbonyl (C=O) groups is 3. The Balaban J connectivity index is 1.96. The maximum Gasteiger partial charge on any atom is 0.303 e. The molecule has 34 heavy (non-hydrogen) atoms. The smallest absolute Gasteiger partial charge is 0.303 e. The van der Waals surface area contributed by atoms with Crippen LogP contribution < -0.4 is 0 Å². The third-order valence-electron chi connectivity index (χ3n) is 10.2. The fourth-order valence-electron chi connectivity index (χ4n) is 8.26. The third-order valence-corrected chi connectivity index (χ3v) is 10.2. The summed E-state index contributed by atoms with van der Waals surface area (Å²) < 4.78 is 0. The lowest BCUT2D eigenvalue weighted by molar-refractivity contribution is -0.138. The van der Waals surface area contributed by atoms with Gasteiger partial charge < -0.3 is 9.90 Å². The normalized spacial score (nSPS) is 37.6. The first-order valence-corrected chi connectivity index (χ1v) is 13.0. The lowest BCUT2D eigenvalue weighted by Crippen LogP contribution is -2.52. The first-order valence-electron chi connectivity index (χ1n) is 13.0. The Morgan fingerprint density at radius 1 is 1.18 bits per heavy atom. The van der Waals surface area contributed by atoms with Crippen molar-refractivity contribution in [2.24, 2.45) is 39.9 Å². The number of rotatable bonds is 9. The van der Waals surface area contributed by atoms with Gasteiger partial charge in [0.15, 0.2) is 5.78 Å². The van der Waals surface area contributed by atoms with E-state index < -0.39 is 5.97 Å². The van der Waals surface area contributed by atoms with E-state index in [4.69, 9.17) is 0 Å². The molecule has 2 fully saturated rings. The van der Waals surface area contributed by atoms with Crippen molar-refractivity contribution in [2.45, 2.75) is 92.9 Å². The van der Waals surface area contributed by atoms with E-state index in [1.165, 1.54) is 5.57 Å².